The van der Waals surface area contributed by atoms with Gasteiger partial charge in [0, 0.05) is 5.69 Å². The second-order valence-electron chi connectivity index (χ2n) is 5.88. The highest BCUT2D eigenvalue weighted by Gasteiger charge is 2.17. The molecule has 1 atom stereocenters. The first-order valence-corrected chi connectivity index (χ1v) is 10.2. The van der Waals surface area contributed by atoms with E-state index in [1.54, 1.807) is 43.3 Å². The molecular weight excluding hydrogens is 376 g/mol. The summed E-state index contributed by atoms with van der Waals surface area (Å²) >= 11 is 1.27. The van der Waals surface area contributed by atoms with Gasteiger partial charge in [-0.25, -0.2) is 0 Å². The van der Waals surface area contributed by atoms with E-state index in [2.05, 4.69) is 10.6 Å². The van der Waals surface area contributed by atoms with Crippen molar-refractivity contribution in [3.8, 4) is 11.5 Å². The minimum Gasteiger partial charge on any atom is -0.494 e. The lowest BCUT2D eigenvalue weighted by Crippen LogP contribution is -2.25. The number of amides is 2. The van der Waals surface area contributed by atoms with Gasteiger partial charge in [0.05, 0.1) is 29.9 Å². The molecular formula is C21H26N2O4S. The molecule has 2 aromatic carbocycles. The maximum atomic E-state index is 12.4. The van der Waals surface area contributed by atoms with Gasteiger partial charge in [0.15, 0.2) is 0 Å². The van der Waals surface area contributed by atoms with Crippen LogP contribution < -0.4 is 20.1 Å². The Bertz CT molecular complexity index is 780. The van der Waals surface area contributed by atoms with Crippen molar-refractivity contribution >= 4 is 35.0 Å². The first kappa shape index (κ1) is 21.6. The number of thioether (sulfide) groups is 1. The van der Waals surface area contributed by atoms with Crippen LogP contribution in [0, 0.1) is 0 Å². The topological polar surface area (TPSA) is 76.7 Å². The van der Waals surface area contributed by atoms with Crippen molar-refractivity contribution in [1.82, 2.24) is 0 Å². The SMILES string of the molecule is CCOc1ccc(NC(=O)CSC(C)C(=O)Nc2ccccc2OCC)cc1. The van der Waals surface area contributed by atoms with Crippen molar-refractivity contribution in [3.05, 3.63) is 48.5 Å². The van der Waals surface area contributed by atoms with E-state index in [0.717, 1.165) is 5.75 Å². The first-order valence-electron chi connectivity index (χ1n) is 9.20. The molecule has 0 spiro atoms. The van der Waals surface area contributed by atoms with Gasteiger partial charge < -0.3 is 20.1 Å². The molecule has 0 fully saturated rings. The fourth-order valence-corrected chi connectivity index (χ4v) is 3.04. The molecule has 0 aliphatic carbocycles. The van der Waals surface area contributed by atoms with Crippen LogP contribution in [0.5, 0.6) is 11.5 Å². The van der Waals surface area contributed by atoms with Crippen LogP contribution in [0.3, 0.4) is 0 Å². The maximum Gasteiger partial charge on any atom is 0.237 e. The normalized spacial score (nSPS) is 11.4. The molecule has 28 heavy (non-hydrogen) atoms. The van der Waals surface area contributed by atoms with Crippen LogP contribution in [0.1, 0.15) is 20.8 Å². The molecule has 0 aliphatic rings. The summed E-state index contributed by atoms with van der Waals surface area (Å²) in [6.45, 7) is 6.69. The molecule has 150 valence electrons. The number of anilines is 2. The summed E-state index contributed by atoms with van der Waals surface area (Å²) in [4.78, 5) is 24.5. The van der Waals surface area contributed by atoms with E-state index in [0.29, 0.717) is 30.3 Å². The largest absolute Gasteiger partial charge is 0.494 e. The van der Waals surface area contributed by atoms with Crippen molar-refractivity contribution < 1.29 is 19.1 Å². The summed E-state index contributed by atoms with van der Waals surface area (Å²) in [5.74, 6) is 1.22. The summed E-state index contributed by atoms with van der Waals surface area (Å²) in [5, 5.41) is 5.28. The Balaban J connectivity index is 1.81. The molecule has 0 aliphatic heterocycles. The molecule has 2 amide bonds. The van der Waals surface area contributed by atoms with Crippen LogP contribution in [0.25, 0.3) is 0 Å². The summed E-state index contributed by atoms with van der Waals surface area (Å²) in [5.41, 5.74) is 1.32. The fourth-order valence-electron chi connectivity index (χ4n) is 2.36. The maximum absolute atomic E-state index is 12.4. The second kappa shape index (κ2) is 11.2. The van der Waals surface area contributed by atoms with Gasteiger partial charge in [-0.1, -0.05) is 12.1 Å². The number of hydrogen-bond donors (Lipinski definition) is 2. The van der Waals surface area contributed by atoms with Gasteiger partial charge in [-0.05, 0) is 57.2 Å². The number of rotatable bonds is 10. The summed E-state index contributed by atoms with van der Waals surface area (Å²) in [6, 6.07) is 14.5. The van der Waals surface area contributed by atoms with Gasteiger partial charge in [0.1, 0.15) is 11.5 Å². The monoisotopic (exact) mass is 402 g/mol. The zero-order valence-electron chi connectivity index (χ0n) is 16.4. The smallest absolute Gasteiger partial charge is 0.237 e. The molecule has 2 N–H and O–H groups in total. The number of carbonyl (C=O) groups is 2. The average molecular weight is 403 g/mol. The highest BCUT2D eigenvalue weighted by molar-refractivity contribution is 8.01. The highest BCUT2D eigenvalue weighted by Crippen LogP contribution is 2.25. The lowest BCUT2D eigenvalue weighted by molar-refractivity contribution is -0.115. The standard InChI is InChI=1S/C21H26N2O4S/c1-4-26-17-12-10-16(11-13-17)22-20(24)14-28-15(3)21(25)23-18-8-6-7-9-19(18)27-5-2/h6-13,15H,4-5,14H2,1-3H3,(H,22,24)(H,23,25). The van der Waals surface area contributed by atoms with Crippen LogP contribution in [0.4, 0.5) is 11.4 Å². The van der Waals surface area contributed by atoms with Crippen molar-refractivity contribution in [2.45, 2.75) is 26.0 Å². The third-order valence-corrected chi connectivity index (χ3v) is 4.87. The Hall–Kier alpha value is -2.67. The molecule has 1 unspecified atom stereocenters. The van der Waals surface area contributed by atoms with E-state index in [4.69, 9.17) is 9.47 Å². The number of benzene rings is 2. The van der Waals surface area contributed by atoms with E-state index in [1.807, 2.05) is 26.0 Å². The number of carbonyl (C=O) groups excluding carboxylic acids is 2. The molecule has 0 radical (unpaired) electrons. The molecule has 0 saturated heterocycles. The number of para-hydroxylation sites is 2. The van der Waals surface area contributed by atoms with Gasteiger partial charge in [-0.2, -0.15) is 0 Å². The van der Waals surface area contributed by atoms with Crippen molar-refractivity contribution in [2.75, 3.05) is 29.6 Å². The van der Waals surface area contributed by atoms with Gasteiger partial charge in [0.2, 0.25) is 11.8 Å². The van der Waals surface area contributed by atoms with Gasteiger partial charge in [0.25, 0.3) is 0 Å². The third kappa shape index (κ3) is 6.81. The van der Waals surface area contributed by atoms with Crippen molar-refractivity contribution in [3.63, 3.8) is 0 Å². The van der Waals surface area contributed by atoms with E-state index in [-0.39, 0.29) is 22.8 Å². The van der Waals surface area contributed by atoms with Crippen LogP contribution in [-0.4, -0.2) is 36.0 Å². The van der Waals surface area contributed by atoms with Gasteiger partial charge >= 0.3 is 0 Å². The van der Waals surface area contributed by atoms with Crippen molar-refractivity contribution in [1.29, 1.82) is 0 Å². The molecule has 0 aromatic heterocycles. The Labute approximate surface area is 170 Å². The van der Waals surface area contributed by atoms with E-state index in [1.165, 1.54) is 11.8 Å². The van der Waals surface area contributed by atoms with Crippen LogP contribution in [0.2, 0.25) is 0 Å². The zero-order valence-corrected chi connectivity index (χ0v) is 17.2. The summed E-state index contributed by atoms with van der Waals surface area (Å²) in [6.07, 6.45) is 0. The number of hydrogen-bond acceptors (Lipinski definition) is 5. The molecule has 0 bridgehead atoms. The minimum atomic E-state index is -0.388. The minimum absolute atomic E-state index is 0.163. The molecule has 0 heterocycles. The average Bonchev–Trinajstić information content (AvgIpc) is 2.69. The Kier molecular flexibility index (Phi) is 8.68. The molecule has 6 nitrogen and oxygen atoms in total. The molecule has 0 saturated carbocycles. The highest BCUT2D eigenvalue weighted by atomic mass is 32.2. The van der Waals surface area contributed by atoms with E-state index >= 15 is 0 Å². The molecule has 2 rings (SSSR count). The van der Waals surface area contributed by atoms with Gasteiger partial charge in [-0.15, -0.1) is 11.8 Å². The lowest BCUT2D eigenvalue weighted by atomic mass is 10.3. The second-order valence-corrected chi connectivity index (χ2v) is 7.21. The first-order chi connectivity index (χ1) is 13.5. The lowest BCUT2D eigenvalue weighted by Gasteiger charge is -2.15. The van der Waals surface area contributed by atoms with Crippen LogP contribution in [0.15, 0.2) is 48.5 Å². The van der Waals surface area contributed by atoms with E-state index < -0.39 is 0 Å². The number of nitrogens with one attached hydrogen (secondary N) is 2. The summed E-state index contributed by atoms with van der Waals surface area (Å²) < 4.78 is 10.9. The Morgan fingerprint density at radius 3 is 2.32 bits per heavy atom. The predicted molar refractivity (Wildman–Crippen MR) is 114 cm³/mol. The Morgan fingerprint density at radius 1 is 0.964 bits per heavy atom. The predicted octanol–water partition coefficient (Wildman–Crippen LogP) is 4.18. The molecule has 7 heteroatoms. The quantitative estimate of drug-likeness (QED) is 0.623. The van der Waals surface area contributed by atoms with Gasteiger partial charge in [-0.3, -0.25) is 9.59 Å². The summed E-state index contributed by atoms with van der Waals surface area (Å²) in [7, 11) is 0. The van der Waals surface area contributed by atoms with Crippen LogP contribution >= 0.6 is 11.8 Å². The third-order valence-electron chi connectivity index (χ3n) is 3.73. The van der Waals surface area contributed by atoms with Crippen molar-refractivity contribution in [2.24, 2.45) is 0 Å². The zero-order chi connectivity index (χ0) is 20.4. The Morgan fingerprint density at radius 2 is 1.64 bits per heavy atom. The fraction of sp³-hybridized carbons (Fsp3) is 0.333. The molecule has 2 aromatic rings. The van der Waals surface area contributed by atoms with Crippen LogP contribution in [-0.2, 0) is 9.59 Å². The number of ether oxygens (including phenoxy) is 2. The van der Waals surface area contributed by atoms with E-state index in [9.17, 15) is 9.59 Å².